The van der Waals surface area contributed by atoms with Crippen molar-refractivity contribution in [1.29, 1.82) is 0 Å². The lowest BCUT2D eigenvalue weighted by Crippen LogP contribution is -2.34. The highest BCUT2D eigenvalue weighted by atomic mass is 16.5. The Labute approximate surface area is 125 Å². The topological polar surface area (TPSA) is 54.4 Å². The zero-order valence-corrected chi connectivity index (χ0v) is 12.5. The number of hydrogen-bond acceptors (Lipinski definition) is 4. The SMILES string of the molecule is CCC(NCc1ccccn1)C(O)c1ccc(OC)cc1. The molecule has 2 aromatic rings. The third-order valence-corrected chi connectivity index (χ3v) is 3.55. The molecule has 0 spiro atoms. The van der Waals surface area contributed by atoms with Gasteiger partial charge in [-0.25, -0.2) is 0 Å². The van der Waals surface area contributed by atoms with Crippen LogP contribution in [0.4, 0.5) is 0 Å². The maximum absolute atomic E-state index is 10.5. The summed E-state index contributed by atoms with van der Waals surface area (Å²) >= 11 is 0. The number of hydrogen-bond donors (Lipinski definition) is 2. The van der Waals surface area contributed by atoms with Gasteiger partial charge in [0, 0.05) is 18.8 Å². The Kier molecular flexibility index (Phi) is 5.72. The smallest absolute Gasteiger partial charge is 0.118 e. The Hall–Kier alpha value is -1.91. The Balaban J connectivity index is 1.98. The van der Waals surface area contributed by atoms with E-state index in [2.05, 4.69) is 17.2 Å². The number of benzene rings is 1. The van der Waals surface area contributed by atoms with Crippen molar-refractivity contribution in [1.82, 2.24) is 10.3 Å². The zero-order valence-electron chi connectivity index (χ0n) is 12.5. The van der Waals surface area contributed by atoms with Crippen LogP contribution in [-0.4, -0.2) is 23.2 Å². The molecule has 0 amide bonds. The van der Waals surface area contributed by atoms with Crippen molar-refractivity contribution in [3.63, 3.8) is 0 Å². The van der Waals surface area contributed by atoms with Crippen molar-refractivity contribution in [2.75, 3.05) is 7.11 Å². The highest BCUT2D eigenvalue weighted by Crippen LogP contribution is 2.21. The molecule has 0 aliphatic carbocycles. The van der Waals surface area contributed by atoms with E-state index in [1.807, 2.05) is 42.5 Å². The van der Waals surface area contributed by atoms with Crippen molar-refractivity contribution in [2.24, 2.45) is 0 Å². The largest absolute Gasteiger partial charge is 0.497 e. The first-order chi connectivity index (χ1) is 10.2. The summed E-state index contributed by atoms with van der Waals surface area (Å²) < 4.78 is 5.14. The summed E-state index contributed by atoms with van der Waals surface area (Å²) in [6, 6.07) is 13.3. The number of pyridine rings is 1. The fraction of sp³-hybridized carbons (Fsp3) is 0.353. The second-order valence-corrected chi connectivity index (χ2v) is 4.93. The second-order valence-electron chi connectivity index (χ2n) is 4.93. The maximum Gasteiger partial charge on any atom is 0.118 e. The van der Waals surface area contributed by atoms with Gasteiger partial charge in [-0.1, -0.05) is 25.1 Å². The number of aliphatic hydroxyl groups is 1. The van der Waals surface area contributed by atoms with Crippen LogP contribution in [0.1, 0.15) is 30.7 Å². The van der Waals surface area contributed by atoms with Crippen LogP contribution in [0.25, 0.3) is 0 Å². The van der Waals surface area contributed by atoms with Crippen molar-refractivity contribution in [3.8, 4) is 5.75 Å². The van der Waals surface area contributed by atoms with Gasteiger partial charge in [0.05, 0.1) is 18.9 Å². The first-order valence-corrected chi connectivity index (χ1v) is 7.20. The molecule has 4 heteroatoms. The fourth-order valence-electron chi connectivity index (χ4n) is 2.25. The van der Waals surface area contributed by atoms with Crippen molar-refractivity contribution in [3.05, 3.63) is 59.9 Å². The third kappa shape index (κ3) is 4.28. The minimum absolute atomic E-state index is 0.0135. The number of rotatable bonds is 7. The van der Waals surface area contributed by atoms with Gasteiger partial charge in [-0.15, -0.1) is 0 Å². The fourth-order valence-corrected chi connectivity index (χ4v) is 2.25. The lowest BCUT2D eigenvalue weighted by Gasteiger charge is -2.23. The molecule has 0 aliphatic rings. The Bertz CT molecular complexity index is 528. The van der Waals surface area contributed by atoms with Crippen LogP contribution in [-0.2, 0) is 6.54 Å². The Morgan fingerprint density at radius 1 is 1.19 bits per heavy atom. The number of methoxy groups -OCH3 is 1. The van der Waals surface area contributed by atoms with Gasteiger partial charge in [-0.2, -0.15) is 0 Å². The van der Waals surface area contributed by atoms with Gasteiger partial charge in [0.2, 0.25) is 0 Å². The quantitative estimate of drug-likeness (QED) is 0.821. The number of aromatic nitrogens is 1. The molecule has 4 nitrogen and oxygen atoms in total. The number of nitrogens with zero attached hydrogens (tertiary/aromatic N) is 1. The molecular weight excluding hydrogens is 264 g/mol. The molecule has 0 bridgehead atoms. The molecule has 2 unspecified atom stereocenters. The normalized spacial score (nSPS) is 13.7. The zero-order chi connectivity index (χ0) is 15.1. The van der Waals surface area contributed by atoms with Crippen LogP contribution < -0.4 is 10.1 Å². The molecule has 0 saturated carbocycles. The number of aliphatic hydroxyl groups excluding tert-OH is 1. The molecular formula is C17H22N2O2. The first-order valence-electron chi connectivity index (χ1n) is 7.20. The van der Waals surface area contributed by atoms with E-state index in [4.69, 9.17) is 4.74 Å². The van der Waals surface area contributed by atoms with E-state index < -0.39 is 6.10 Å². The second kappa shape index (κ2) is 7.76. The highest BCUT2D eigenvalue weighted by Gasteiger charge is 2.18. The minimum atomic E-state index is -0.551. The van der Waals surface area contributed by atoms with Gasteiger partial charge in [0.1, 0.15) is 5.75 Å². The van der Waals surface area contributed by atoms with Crippen LogP contribution in [0.3, 0.4) is 0 Å². The average Bonchev–Trinajstić information content (AvgIpc) is 2.56. The average molecular weight is 286 g/mol. The molecule has 0 radical (unpaired) electrons. The van der Waals surface area contributed by atoms with E-state index in [9.17, 15) is 5.11 Å². The predicted octanol–water partition coefficient (Wildman–Crippen LogP) is 2.69. The molecule has 1 aromatic heterocycles. The van der Waals surface area contributed by atoms with Crippen molar-refractivity contribution in [2.45, 2.75) is 32.0 Å². The lowest BCUT2D eigenvalue weighted by atomic mass is 10.00. The maximum atomic E-state index is 10.5. The summed E-state index contributed by atoms with van der Waals surface area (Å²) in [7, 11) is 1.63. The number of nitrogens with one attached hydrogen (secondary N) is 1. The molecule has 2 N–H and O–H groups in total. The van der Waals surface area contributed by atoms with E-state index >= 15 is 0 Å². The molecule has 0 fully saturated rings. The van der Waals surface area contributed by atoms with Gasteiger partial charge in [0.25, 0.3) is 0 Å². The summed E-state index contributed by atoms with van der Waals surface area (Å²) in [6.07, 6.45) is 2.06. The van der Waals surface area contributed by atoms with Crippen LogP contribution in [0, 0.1) is 0 Å². The summed E-state index contributed by atoms with van der Waals surface area (Å²) in [5.74, 6) is 0.792. The Morgan fingerprint density at radius 3 is 2.52 bits per heavy atom. The minimum Gasteiger partial charge on any atom is -0.497 e. The molecule has 2 rings (SSSR count). The summed E-state index contributed by atoms with van der Waals surface area (Å²) in [4.78, 5) is 4.28. The molecule has 112 valence electrons. The molecule has 0 aliphatic heterocycles. The molecule has 2 atom stereocenters. The molecule has 0 saturated heterocycles. The standard InChI is InChI=1S/C17H22N2O2/c1-3-16(19-12-14-6-4-5-11-18-14)17(20)13-7-9-15(21-2)10-8-13/h4-11,16-17,19-20H,3,12H2,1-2H3. The predicted molar refractivity (Wildman–Crippen MR) is 83.1 cm³/mol. The van der Waals surface area contributed by atoms with Crippen LogP contribution in [0.15, 0.2) is 48.7 Å². The van der Waals surface area contributed by atoms with Gasteiger partial charge in [0.15, 0.2) is 0 Å². The van der Waals surface area contributed by atoms with Crippen molar-refractivity contribution >= 4 is 0 Å². The molecule has 21 heavy (non-hydrogen) atoms. The van der Waals surface area contributed by atoms with Gasteiger partial charge in [-0.3, -0.25) is 4.98 Å². The van der Waals surface area contributed by atoms with Crippen LogP contribution >= 0.6 is 0 Å². The van der Waals surface area contributed by atoms with Crippen molar-refractivity contribution < 1.29 is 9.84 Å². The third-order valence-electron chi connectivity index (χ3n) is 3.55. The molecule has 1 heterocycles. The van der Waals surface area contributed by atoms with E-state index in [-0.39, 0.29) is 6.04 Å². The summed E-state index contributed by atoms with van der Waals surface area (Å²) in [5.41, 5.74) is 1.86. The summed E-state index contributed by atoms with van der Waals surface area (Å²) in [6.45, 7) is 2.70. The van der Waals surface area contributed by atoms with Crippen LogP contribution in [0.2, 0.25) is 0 Å². The van der Waals surface area contributed by atoms with E-state index in [0.717, 1.165) is 23.4 Å². The van der Waals surface area contributed by atoms with E-state index in [0.29, 0.717) is 6.54 Å². The van der Waals surface area contributed by atoms with Gasteiger partial charge < -0.3 is 15.2 Å². The lowest BCUT2D eigenvalue weighted by molar-refractivity contribution is 0.125. The van der Waals surface area contributed by atoms with E-state index in [1.54, 1.807) is 13.3 Å². The molecule has 1 aromatic carbocycles. The van der Waals surface area contributed by atoms with Crippen LogP contribution in [0.5, 0.6) is 5.75 Å². The summed E-state index contributed by atoms with van der Waals surface area (Å²) in [5, 5.41) is 13.9. The highest BCUT2D eigenvalue weighted by molar-refractivity contribution is 5.29. The first kappa shape index (κ1) is 15.5. The van der Waals surface area contributed by atoms with Gasteiger partial charge >= 0.3 is 0 Å². The van der Waals surface area contributed by atoms with Gasteiger partial charge in [-0.05, 0) is 36.2 Å². The van der Waals surface area contributed by atoms with E-state index in [1.165, 1.54) is 0 Å². The number of ether oxygens (including phenoxy) is 1. The Morgan fingerprint density at radius 2 is 1.95 bits per heavy atom. The monoisotopic (exact) mass is 286 g/mol.